The van der Waals surface area contributed by atoms with E-state index in [1.165, 1.54) is 12.1 Å². The van der Waals surface area contributed by atoms with Crippen molar-refractivity contribution in [1.29, 1.82) is 0 Å². The van der Waals surface area contributed by atoms with Crippen molar-refractivity contribution in [3.8, 4) is 5.75 Å². The number of aryl methyl sites for hydroxylation is 2. The van der Waals surface area contributed by atoms with Crippen LogP contribution in [0.1, 0.15) is 30.4 Å². The lowest BCUT2D eigenvalue weighted by atomic mass is 10.0. The fourth-order valence-electron chi connectivity index (χ4n) is 3.48. The highest BCUT2D eigenvalue weighted by Gasteiger charge is 2.14. The van der Waals surface area contributed by atoms with Gasteiger partial charge in [-0.3, -0.25) is 9.52 Å². The van der Waals surface area contributed by atoms with E-state index in [2.05, 4.69) is 4.72 Å². The second-order valence-corrected chi connectivity index (χ2v) is 9.63. The molecule has 0 bridgehead atoms. The van der Waals surface area contributed by atoms with Crippen molar-refractivity contribution in [2.45, 2.75) is 43.1 Å². The molecule has 3 rings (SSSR count). The molecule has 0 saturated carbocycles. The number of carboxylic acids is 1. The molecule has 34 heavy (non-hydrogen) atoms. The zero-order valence-corrected chi connectivity index (χ0v) is 19.6. The highest BCUT2D eigenvalue weighted by molar-refractivity contribution is 7.92. The molecule has 7 nitrogen and oxygen atoms in total. The molecule has 3 aromatic rings. The molecule has 0 radical (unpaired) electrons. The minimum Gasteiger partial charge on any atom is -0.493 e. The van der Waals surface area contributed by atoms with Crippen molar-refractivity contribution in [1.82, 2.24) is 0 Å². The Morgan fingerprint density at radius 1 is 0.912 bits per heavy atom. The van der Waals surface area contributed by atoms with Gasteiger partial charge in [-0.25, -0.2) is 8.42 Å². The van der Waals surface area contributed by atoms with Crippen LogP contribution in [0.15, 0.2) is 83.8 Å². The minimum absolute atomic E-state index is 0.0313. The summed E-state index contributed by atoms with van der Waals surface area (Å²) in [5.74, 6) is -0.225. The van der Waals surface area contributed by atoms with Gasteiger partial charge in [-0.1, -0.05) is 48.5 Å². The first-order valence-electron chi connectivity index (χ1n) is 11.1. The number of hydrogen-bond donors (Lipinski definition) is 3. The van der Waals surface area contributed by atoms with E-state index in [1.807, 2.05) is 24.3 Å². The Kier molecular flexibility index (Phi) is 9.07. The smallest absolute Gasteiger partial charge is 0.303 e. The van der Waals surface area contributed by atoms with Crippen molar-refractivity contribution in [2.24, 2.45) is 0 Å². The topological polar surface area (TPSA) is 113 Å². The number of anilines is 1. The van der Waals surface area contributed by atoms with Crippen LogP contribution in [0, 0.1) is 0 Å². The third-order valence-electron chi connectivity index (χ3n) is 5.29. The SMILES string of the molecule is O=C(O)CCc1ccccc1OCC[C@@H](O)CCc1cccc(NS(=O)(=O)c2ccccc2)c1. The normalized spacial score (nSPS) is 12.1. The molecule has 1 atom stereocenters. The molecule has 0 aromatic heterocycles. The number of para-hydroxylation sites is 1. The predicted octanol–water partition coefficient (Wildman–Crippen LogP) is 4.27. The zero-order chi connectivity index (χ0) is 24.4. The molecular weight excluding hydrogens is 454 g/mol. The van der Waals surface area contributed by atoms with E-state index < -0.39 is 22.1 Å². The molecule has 0 aliphatic carbocycles. The van der Waals surface area contributed by atoms with Crippen LogP contribution in [-0.4, -0.2) is 37.3 Å². The quantitative estimate of drug-likeness (QED) is 0.335. The van der Waals surface area contributed by atoms with Crippen molar-refractivity contribution >= 4 is 21.7 Å². The van der Waals surface area contributed by atoms with E-state index in [0.717, 1.165) is 11.1 Å². The number of benzene rings is 3. The van der Waals surface area contributed by atoms with Crippen LogP contribution in [0.2, 0.25) is 0 Å². The van der Waals surface area contributed by atoms with Gasteiger partial charge in [0, 0.05) is 18.5 Å². The Hall–Kier alpha value is -3.36. The Balaban J connectivity index is 1.48. The number of carbonyl (C=O) groups is 1. The fourth-order valence-corrected chi connectivity index (χ4v) is 4.55. The monoisotopic (exact) mass is 483 g/mol. The predicted molar refractivity (Wildman–Crippen MR) is 131 cm³/mol. The average molecular weight is 484 g/mol. The van der Waals surface area contributed by atoms with Gasteiger partial charge in [0.25, 0.3) is 10.0 Å². The van der Waals surface area contributed by atoms with Crippen LogP contribution < -0.4 is 9.46 Å². The molecule has 3 aromatic carbocycles. The molecule has 0 spiro atoms. The second-order valence-electron chi connectivity index (χ2n) is 7.95. The summed E-state index contributed by atoms with van der Waals surface area (Å²) < 4.78 is 33.4. The van der Waals surface area contributed by atoms with Crippen LogP contribution in [-0.2, 0) is 27.7 Å². The van der Waals surface area contributed by atoms with E-state index in [-0.39, 0.29) is 11.3 Å². The van der Waals surface area contributed by atoms with E-state index in [1.54, 1.807) is 42.5 Å². The van der Waals surface area contributed by atoms with Crippen LogP contribution in [0.5, 0.6) is 5.75 Å². The first-order chi connectivity index (χ1) is 16.3. The van der Waals surface area contributed by atoms with E-state index in [4.69, 9.17) is 9.84 Å². The summed E-state index contributed by atoms with van der Waals surface area (Å²) in [6, 6.07) is 22.6. The molecular formula is C26H29NO6S. The maximum atomic E-state index is 12.5. The number of aliphatic carboxylic acids is 1. The van der Waals surface area contributed by atoms with Crippen molar-refractivity contribution in [2.75, 3.05) is 11.3 Å². The average Bonchev–Trinajstić information content (AvgIpc) is 2.82. The molecule has 0 fully saturated rings. The number of aliphatic hydroxyl groups is 1. The third-order valence-corrected chi connectivity index (χ3v) is 6.69. The van der Waals surface area contributed by atoms with Crippen molar-refractivity contribution in [3.05, 3.63) is 90.0 Å². The Morgan fingerprint density at radius 2 is 1.65 bits per heavy atom. The van der Waals surface area contributed by atoms with E-state index in [0.29, 0.717) is 43.7 Å². The van der Waals surface area contributed by atoms with Gasteiger partial charge < -0.3 is 14.9 Å². The molecule has 8 heteroatoms. The van der Waals surface area contributed by atoms with E-state index in [9.17, 15) is 18.3 Å². The van der Waals surface area contributed by atoms with Gasteiger partial charge >= 0.3 is 5.97 Å². The molecule has 3 N–H and O–H groups in total. The van der Waals surface area contributed by atoms with Gasteiger partial charge in [-0.2, -0.15) is 0 Å². The van der Waals surface area contributed by atoms with Gasteiger partial charge in [-0.15, -0.1) is 0 Å². The summed E-state index contributed by atoms with van der Waals surface area (Å²) in [5, 5.41) is 19.3. The molecule has 0 unspecified atom stereocenters. The van der Waals surface area contributed by atoms with Gasteiger partial charge in [0.15, 0.2) is 0 Å². The number of carboxylic acid groups (broad SMARTS) is 1. The van der Waals surface area contributed by atoms with Crippen molar-refractivity contribution in [3.63, 3.8) is 0 Å². The minimum atomic E-state index is -3.66. The van der Waals surface area contributed by atoms with Gasteiger partial charge in [-0.05, 0) is 60.7 Å². The van der Waals surface area contributed by atoms with Crippen molar-refractivity contribution < 1.29 is 28.2 Å². The zero-order valence-electron chi connectivity index (χ0n) is 18.8. The first kappa shape index (κ1) is 25.3. The van der Waals surface area contributed by atoms with Gasteiger partial charge in [0.1, 0.15) is 5.75 Å². The third kappa shape index (κ3) is 7.90. The summed E-state index contributed by atoms with van der Waals surface area (Å²) in [6.07, 6.45) is 1.34. The number of aliphatic hydroxyl groups excluding tert-OH is 1. The highest BCUT2D eigenvalue weighted by Crippen LogP contribution is 2.21. The second kappa shape index (κ2) is 12.2. The Labute approximate surface area is 200 Å². The molecule has 0 amide bonds. The summed E-state index contributed by atoms with van der Waals surface area (Å²) in [5.41, 5.74) is 2.21. The lowest BCUT2D eigenvalue weighted by Gasteiger charge is -2.14. The first-order valence-corrected chi connectivity index (χ1v) is 12.6. The largest absolute Gasteiger partial charge is 0.493 e. The standard InChI is InChI=1S/C26H29NO6S/c28-23(17-18-33-25-12-5-4-8-21(25)14-16-26(29)30)15-13-20-7-6-9-22(19-20)27-34(31,32)24-10-2-1-3-11-24/h1-12,19,23,27-28H,13-18H2,(H,29,30)/t23-/m0/s1. The summed E-state index contributed by atoms with van der Waals surface area (Å²) in [7, 11) is -3.66. The summed E-state index contributed by atoms with van der Waals surface area (Å²) in [6.45, 7) is 0.308. The number of ether oxygens (including phenoxy) is 1. The lowest BCUT2D eigenvalue weighted by molar-refractivity contribution is -0.136. The summed E-state index contributed by atoms with van der Waals surface area (Å²) in [4.78, 5) is 11.0. The lowest BCUT2D eigenvalue weighted by Crippen LogP contribution is -2.14. The molecule has 0 heterocycles. The van der Waals surface area contributed by atoms with Crippen LogP contribution in [0.25, 0.3) is 0 Å². The summed E-state index contributed by atoms with van der Waals surface area (Å²) >= 11 is 0. The fraction of sp³-hybridized carbons (Fsp3) is 0.269. The number of rotatable bonds is 13. The molecule has 180 valence electrons. The molecule has 0 saturated heterocycles. The Bertz CT molecular complexity index is 1180. The Morgan fingerprint density at radius 3 is 2.41 bits per heavy atom. The van der Waals surface area contributed by atoms with Crippen LogP contribution in [0.3, 0.4) is 0 Å². The number of sulfonamides is 1. The van der Waals surface area contributed by atoms with Gasteiger partial charge in [0.05, 0.1) is 17.6 Å². The maximum absolute atomic E-state index is 12.5. The van der Waals surface area contributed by atoms with Crippen LogP contribution in [0.4, 0.5) is 5.69 Å². The molecule has 0 aliphatic heterocycles. The van der Waals surface area contributed by atoms with Crippen LogP contribution >= 0.6 is 0 Å². The number of hydrogen-bond acceptors (Lipinski definition) is 5. The highest BCUT2D eigenvalue weighted by atomic mass is 32.2. The number of nitrogens with one attached hydrogen (secondary N) is 1. The maximum Gasteiger partial charge on any atom is 0.303 e. The molecule has 0 aliphatic rings. The van der Waals surface area contributed by atoms with Gasteiger partial charge in [0.2, 0.25) is 0 Å². The van der Waals surface area contributed by atoms with E-state index >= 15 is 0 Å².